The minimum atomic E-state index is -0.903. The molecule has 24 heavy (non-hydrogen) atoms. The molecule has 0 spiro atoms. The topological polar surface area (TPSA) is 63.3 Å². The number of aliphatic hydroxyl groups is 1. The minimum Gasteiger partial charge on any atom is -0.377 e. The van der Waals surface area contributed by atoms with Crippen molar-refractivity contribution in [2.24, 2.45) is 10.9 Å². The van der Waals surface area contributed by atoms with Crippen molar-refractivity contribution in [3.8, 4) is 10.4 Å². The fraction of sp³-hybridized carbons (Fsp3) is 0.235. The van der Waals surface area contributed by atoms with Crippen molar-refractivity contribution in [1.29, 1.82) is 0 Å². The van der Waals surface area contributed by atoms with Gasteiger partial charge in [-0.2, -0.15) is 0 Å². The van der Waals surface area contributed by atoms with Crippen LogP contribution < -0.4 is 0 Å². The van der Waals surface area contributed by atoms with Crippen LogP contribution in [0, 0.1) is 5.92 Å². The molecule has 2 atom stereocenters. The van der Waals surface area contributed by atoms with E-state index in [1.165, 1.54) is 17.9 Å². The summed E-state index contributed by atoms with van der Waals surface area (Å²) in [5.41, 5.74) is 0.546. The van der Waals surface area contributed by atoms with Crippen LogP contribution in [0.1, 0.15) is 23.2 Å². The van der Waals surface area contributed by atoms with Crippen LogP contribution in [-0.4, -0.2) is 24.1 Å². The van der Waals surface area contributed by atoms with Crippen LogP contribution >= 0.6 is 22.4 Å². The fourth-order valence-electron chi connectivity index (χ4n) is 2.95. The Labute approximate surface area is 146 Å². The Morgan fingerprint density at radius 2 is 2.12 bits per heavy atom. The van der Waals surface area contributed by atoms with Crippen LogP contribution in [-0.2, 0) is 0 Å². The molecule has 0 radical (unpaired) electrons. The molecule has 0 aromatic carbocycles. The summed E-state index contributed by atoms with van der Waals surface area (Å²) >= 11 is 0.727. The number of imidazole rings is 1. The molecule has 3 aromatic heterocycles. The maximum absolute atomic E-state index is 11.1. The zero-order valence-electron chi connectivity index (χ0n) is 12.8. The number of aromatic nitrogens is 3. The molecule has 1 saturated carbocycles. The van der Waals surface area contributed by atoms with Gasteiger partial charge in [0.15, 0.2) is 5.82 Å². The van der Waals surface area contributed by atoms with Gasteiger partial charge in [-0.15, -0.1) is 11.3 Å². The third kappa shape index (κ3) is 2.31. The van der Waals surface area contributed by atoms with E-state index in [1.54, 1.807) is 30.1 Å². The first kappa shape index (κ1) is 14.4. The standard InChI is InChI=1S/C17H16N4OS2/c22-17(14-6-5-13(23-14)12-2-1-7-18-8-12)24-16(11-3-4-11)20-15-9-19-10-21(15)24/h1-2,5-11,17,22,24H,3-4H2. The van der Waals surface area contributed by atoms with Crippen molar-refractivity contribution in [1.82, 2.24) is 13.9 Å². The van der Waals surface area contributed by atoms with E-state index in [0.717, 1.165) is 21.1 Å². The number of fused-ring (bicyclic) bond motifs is 1. The highest BCUT2D eigenvalue weighted by molar-refractivity contribution is 8.29. The zero-order valence-corrected chi connectivity index (χ0v) is 14.5. The highest BCUT2D eigenvalue weighted by Crippen LogP contribution is 2.57. The lowest BCUT2D eigenvalue weighted by molar-refractivity contribution is 0.272. The minimum absolute atomic E-state index is 0.537. The molecule has 1 aliphatic carbocycles. The zero-order chi connectivity index (χ0) is 16.1. The van der Waals surface area contributed by atoms with Crippen molar-refractivity contribution in [3.63, 3.8) is 0 Å². The van der Waals surface area contributed by atoms with E-state index in [-0.39, 0.29) is 0 Å². The number of aliphatic imine (C=N–C) groups is 1. The van der Waals surface area contributed by atoms with Crippen LogP contribution in [0.5, 0.6) is 0 Å². The summed E-state index contributed by atoms with van der Waals surface area (Å²) in [5.74, 6) is 1.43. The van der Waals surface area contributed by atoms with E-state index in [2.05, 4.69) is 20.0 Å². The lowest BCUT2D eigenvalue weighted by Crippen LogP contribution is -2.10. The summed E-state index contributed by atoms with van der Waals surface area (Å²) in [5, 5.41) is 12.3. The van der Waals surface area contributed by atoms with Gasteiger partial charge in [-0.1, -0.05) is 17.1 Å². The first-order valence-electron chi connectivity index (χ1n) is 7.90. The van der Waals surface area contributed by atoms with Crippen molar-refractivity contribution in [3.05, 3.63) is 54.1 Å². The first-order chi connectivity index (χ1) is 11.8. The Morgan fingerprint density at radius 3 is 2.92 bits per heavy atom. The second-order valence-electron chi connectivity index (χ2n) is 6.00. The number of hydrogen-bond acceptors (Lipinski definition) is 5. The van der Waals surface area contributed by atoms with Crippen LogP contribution in [0.15, 0.2) is 54.2 Å². The molecule has 1 N–H and O–H groups in total. The molecule has 0 bridgehead atoms. The average Bonchev–Trinajstić information content (AvgIpc) is 3.04. The molecule has 4 heterocycles. The number of aliphatic hydroxyl groups excluding tert-OH is 1. The number of nitrogens with zero attached hydrogens (tertiary/aromatic N) is 4. The van der Waals surface area contributed by atoms with E-state index in [9.17, 15) is 5.11 Å². The maximum Gasteiger partial charge on any atom is 0.162 e. The number of thiophene rings is 1. The molecule has 0 saturated heterocycles. The molecule has 122 valence electrons. The van der Waals surface area contributed by atoms with Crippen LogP contribution in [0.2, 0.25) is 0 Å². The molecule has 2 aliphatic rings. The summed E-state index contributed by atoms with van der Waals surface area (Å²) in [6, 6.07) is 8.07. The molecule has 5 rings (SSSR count). The summed E-state index contributed by atoms with van der Waals surface area (Å²) in [6.07, 6.45) is 9.59. The van der Waals surface area contributed by atoms with Crippen LogP contribution in [0.4, 0.5) is 5.82 Å². The van der Waals surface area contributed by atoms with Gasteiger partial charge in [0.25, 0.3) is 0 Å². The quantitative estimate of drug-likeness (QED) is 0.697. The van der Waals surface area contributed by atoms with E-state index in [4.69, 9.17) is 4.99 Å². The Balaban J connectivity index is 1.49. The van der Waals surface area contributed by atoms with E-state index in [0.29, 0.717) is 5.92 Å². The first-order valence-corrected chi connectivity index (χ1v) is 10.1. The molecule has 5 nitrogen and oxygen atoms in total. The molecule has 7 heteroatoms. The number of pyridine rings is 1. The monoisotopic (exact) mass is 356 g/mol. The average molecular weight is 356 g/mol. The Hall–Kier alpha value is -1.96. The maximum atomic E-state index is 11.1. The van der Waals surface area contributed by atoms with Crippen molar-refractivity contribution in [2.45, 2.75) is 18.3 Å². The third-order valence-electron chi connectivity index (χ3n) is 4.30. The smallest absolute Gasteiger partial charge is 0.162 e. The predicted octanol–water partition coefficient (Wildman–Crippen LogP) is 3.92. The van der Waals surface area contributed by atoms with Crippen molar-refractivity contribution >= 4 is 33.3 Å². The molecule has 2 unspecified atom stereocenters. The van der Waals surface area contributed by atoms with Gasteiger partial charge in [0.1, 0.15) is 11.8 Å². The van der Waals surface area contributed by atoms with Crippen molar-refractivity contribution < 1.29 is 5.11 Å². The molecule has 1 fully saturated rings. The van der Waals surface area contributed by atoms with Gasteiger partial charge in [-0.3, -0.25) is 8.96 Å². The molecule has 0 amide bonds. The molecular formula is C17H16N4OS2. The molecular weight excluding hydrogens is 340 g/mol. The van der Waals surface area contributed by atoms with Crippen molar-refractivity contribution in [2.75, 3.05) is 0 Å². The number of rotatable bonds is 4. The van der Waals surface area contributed by atoms with Gasteiger partial charge >= 0.3 is 0 Å². The summed E-state index contributed by atoms with van der Waals surface area (Å²) in [7, 11) is 0. The van der Waals surface area contributed by atoms with Gasteiger partial charge in [0, 0.05) is 33.6 Å². The van der Waals surface area contributed by atoms with Gasteiger partial charge in [0.2, 0.25) is 0 Å². The number of thiol groups is 1. The third-order valence-corrected chi connectivity index (χ3v) is 8.11. The van der Waals surface area contributed by atoms with Crippen LogP contribution in [0.3, 0.4) is 0 Å². The van der Waals surface area contributed by atoms with Gasteiger partial charge < -0.3 is 5.11 Å². The lowest BCUT2D eigenvalue weighted by Gasteiger charge is -2.25. The van der Waals surface area contributed by atoms with Gasteiger partial charge in [-0.05, 0) is 31.0 Å². The Bertz CT molecular complexity index is 914. The van der Waals surface area contributed by atoms with E-state index in [1.807, 2.05) is 24.4 Å². The summed E-state index contributed by atoms with van der Waals surface area (Å²) < 4.78 is 2.07. The summed E-state index contributed by atoms with van der Waals surface area (Å²) in [4.78, 5) is 15.2. The molecule has 1 aliphatic heterocycles. The summed E-state index contributed by atoms with van der Waals surface area (Å²) in [6.45, 7) is 0. The fourth-order valence-corrected chi connectivity index (χ4v) is 6.63. The Kier molecular flexibility index (Phi) is 3.32. The second kappa shape index (κ2) is 5.54. The highest BCUT2D eigenvalue weighted by Gasteiger charge is 2.39. The molecule has 3 aromatic rings. The van der Waals surface area contributed by atoms with Gasteiger partial charge in [-0.25, -0.2) is 9.98 Å². The van der Waals surface area contributed by atoms with Crippen LogP contribution in [0.25, 0.3) is 10.4 Å². The lowest BCUT2D eigenvalue weighted by atomic mass is 10.2. The highest BCUT2D eigenvalue weighted by atomic mass is 32.2. The number of hydrogen-bond donors (Lipinski definition) is 2. The largest absolute Gasteiger partial charge is 0.377 e. The van der Waals surface area contributed by atoms with Gasteiger partial charge in [0.05, 0.1) is 11.2 Å². The second-order valence-corrected chi connectivity index (χ2v) is 9.19. The van der Waals surface area contributed by atoms with E-state index < -0.39 is 16.5 Å². The predicted molar refractivity (Wildman–Crippen MR) is 98.9 cm³/mol. The normalized spacial score (nSPS) is 22.2. The SMILES string of the molecule is OC(c1ccc(-c2cccnc2)s1)[SH]1C(C2CC2)=Nc2cncn21. The Morgan fingerprint density at radius 1 is 1.21 bits per heavy atom. The van der Waals surface area contributed by atoms with E-state index >= 15 is 0 Å².